The van der Waals surface area contributed by atoms with Gasteiger partial charge in [0.2, 0.25) is 0 Å². The number of benzene rings is 1. The van der Waals surface area contributed by atoms with Crippen molar-refractivity contribution in [3.05, 3.63) is 30.3 Å². The minimum atomic E-state index is -0.304. The molecule has 0 fully saturated rings. The topological polar surface area (TPSA) is 81.0 Å². The van der Waals surface area contributed by atoms with Gasteiger partial charge in [-0.15, -0.1) is 0 Å². The molecule has 0 atom stereocenters. The first-order valence-electron chi connectivity index (χ1n) is 8.74. The van der Waals surface area contributed by atoms with Crippen LogP contribution in [0.2, 0.25) is 0 Å². The first-order valence-corrected chi connectivity index (χ1v) is 8.74. The monoisotopic (exact) mass is 347 g/mol. The Balaban J connectivity index is 2.39. The number of para-hydroxylation sites is 1. The minimum Gasteiger partial charge on any atom is -0.411 e. The molecule has 25 heavy (non-hydrogen) atoms. The number of anilines is 1. The highest BCUT2D eigenvalue weighted by molar-refractivity contribution is 5.91. The van der Waals surface area contributed by atoms with Gasteiger partial charge in [0.25, 0.3) is 0 Å². The van der Waals surface area contributed by atoms with Crippen molar-refractivity contribution in [3.63, 3.8) is 0 Å². The Morgan fingerprint density at radius 2 is 1.44 bits per heavy atom. The fourth-order valence-corrected chi connectivity index (χ4v) is 2.07. The van der Waals surface area contributed by atoms with Crippen LogP contribution >= 0.6 is 0 Å². The van der Waals surface area contributed by atoms with E-state index in [4.69, 9.17) is 5.21 Å². The molecule has 0 aliphatic rings. The van der Waals surface area contributed by atoms with Crippen LogP contribution in [0.1, 0.15) is 48.0 Å². The molecule has 0 amide bonds. The van der Waals surface area contributed by atoms with E-state index in [9.17, 15) is 0 Å². The van der Waals surface area contributed by atoms with Gasteiger partial charge in [0.15, 0.2) is 0 Å². The van der Waals surface area contributed by atoms with Gasteiger partial charge in [-0.2, -0.15) is 5.10 Å². The van der Waals surface area contributed by atoms with E-state index in [1.54, 1.807) is 0 Å². The molecule has 0 heterocycles. The summed E-state index contributed by atoms with van der Waals surface area (Å²) < 4.78 is 0. The van der Waals surface area contributed by atoms with E-state index < -0.39 is 0 Å². The molecule has 1 rings (SSSR count). The maximum Gasteiger partial charge on any atom is 0.0734 e. The zero-order chi connectivity index (χ0) is 18.9. The highest BCUT2D eigenvalue weighted by Crippen LogP contribution is 2.09. The van der Waals surface area contributed by atoms with E-state index in [1.807, 2.05) is 58.0 Å². The Kier molecular flexibility index (Phi) is 8.06. The first kappa shape index (κ1) is 21.1. The number of hydrazone groups is 1. The second-order valence-corrected chi connectivity index (χ2v) is 7.32. The molecule has 0 saturated heterocycles. The molecule has 1 aromatic rings. The van der Waals surface area contributed by atoms with E-state index in [1.165, 1.54) is 0 Å². The van der Waals surface area contributed by atoms with Crippen LogP contribution in [0.3, 0.4) is 0 Å². The number of rotatable bonds is 10. The molecule has 6 nitrogen and oxygen atoms in total. The third kappa shape index (κ3) is 7.23. The Morgan fingerprint density at radius 1 is 0.920 bits per heavy atom. The summed E-state index contributed by atoms with van der Waals surface area (Å²) in [6.07, 6.45) is 0.963. The molecule has 4 N–H and O–H groups in total. The molecule has 6 heteroatoms. The van der Waals surface area contributed by atoms with Crippen molar-refractivity contribution in [2.45, 2.75) is 59.0 Å². The van der Waals surface area contributed by atoms with Crippen LogP contribution in [0, 0.1) is 0 Å². The van der Waals surface area contributed by atoms with Crippen LogP contribution in [0.5, 0.6) is 0 Å². The molecule has 1 aromatic carbocycles. The number of nitrogens with one attached hydrogen (secondary N) is 3. The van der Waals surface area contributed by atoms with Crippen LogP contribution in [0.25, 0.3) is 0 Å². The van der Waals surface area contributed by atoms with Crippen molar-refractivity contribution >= 4 is 17.1 Å². The number of hydrogen-bond donors (Lipinski definition) is 4. The molecule has 0 saturated carbocycles. The smallest absolute Gasteiger partial charge is 0.0734 e. The molecular formula is C19H33N5O. The second-order valence-electron chi connectivity index (χ2n) is 7.32. The van der Waals surface area contributed by atoms with E-state index in [0.717, 1.165) is 30.9 Å². The Morgan fingerprint density at radius 3 is 1.96 bits per heavy atom. The SMILES string of the molecule is C/C(=N\O)C(C)(C)NCCCNC(C)(C)/C(C)=N/Nc1ccccc1. The van der Waals surface area contributed by atoms with Gasteiger partial charge in [-0.05, 0) is 73.2 Å². The fourth-order valence-electron chi connectivity index (χ4n) is 2.07. The second kappa shape index (κ2) is 9.53. The van der Waals surface area contributed by atoms with Crippen molar-refractivity contribution in [2.75, 3.05) is 18.5 Å². The fraction of sp³-hybridized carbons (Fsp3) is 0.579. The summed E-state index contributed by atoms with van der Waals surface area (Å²) in [4.78, 5) is 0. The summed E-state index contributed by atoms with van der Waals surface area (Å²) >= 11 is 0. The predicted molar refractivity (Wildman–Crippen MR) is 107 cm³/mol. The maximum atomic E-state index is 8.89. The van der Waals surface area contributed by atoms with Gasteiger partial charge in [-0.1, -0.05) is 23.4 Å². The standard InChI is InChI=1S/C19H33N5O/c1-15(22-23-17-11-8-7-9-12-17)18(3,4)20-13-10-14-21-19(5,6)16(2)24-25/h7-9,11-12,20-21,23,25H,10,13-14H2,1-6H3/b22-15+,24-16+. The van der Waals surface area contributed by atoms with Crippen molar-refractivity contribution in [2.24, 2.45) is 10.3 Å². The molecule has 0 bridgehead atoms. The predicted octanol–water partition coefficient (Wildman–Crippen LogP) is 3.45. The Hall–Kier alpha value is -1.92. The van der Waals surface area contributed by atoms with Crippen molar-refractivity contribution in [3.8, 4) is 0 Å². The van der Waals surface area contributed by atoms with Gasteiger partial charge in [-0.25, -0.2) is 0 Å². The molecular weight excluding hydrogens is 314 g/mol. The third-order valence-corrected chi connectivity index (χ3v) is 4.57. The van der Waals surface area contributed by atoms with Crippen molar-refractivity contribution in [1.82, 2.24) is 10.6 Å². The molecule has 140 valence electrons. The number of nitrogens with zero attached hydrogens (tertiary/aromatic N) is 2. The Labute approximate surface area is 151 Å². The summed E-state index contributed by atoms with van der Waals surface area (Å²) in [6.45, 7) is 13.8. The third-order valence-electron chi connectivity index (χ3n) is 4.57. The van der Waals surface area contributed by atoms with Crippen LogP contribution in [-0.4, -0.2) is 40.8 Å². The van der Waals surface area contributed by atoms with Gasteiger partial charge in [0, 0.05) is 0 Å². The summed E-state index contributed by atoms with van der Waals surface area (Å²) in [6, 6.07) is 9.92. The van der Waals surface area contributed by atoms with E-state index >= 15 is 0 Å². The lowest BCUT2D eigenvalue weighted by atomic mass is 9.99. The van der Waals surface area contributed by atoms with Crippen LogP contribution in [0.4, 0.5) is 5.69 Å². The van der Waals surface area contributed by atoms with E-state index in [2.05, 4.69) is 40.2 Å². The number of hydrogen-bond acceptors (Lipinski definition) is 6. The van der Waals surface area contributed by atoms with Gasteiger partial charge >= 0.3 is 0 Å². The molecule has 0 aliphatic heterocycles. The highest BCUT2D eigenvalue weighted by atomic mass is 16.4. The van der Waals surface area contributed by atoms with E-state index in [0.29, 0.717) is 5.71 Å². The lowest BCUT2D eigenvalue weighted by Gasteiger charge is -2.28. The average molecular weight is 348 g/mol. The van der Waals surface area contributed by atoms with Crippen molar-refractivity contribution in [1.29, 1.82) is 0 Å². The van der Waals surface area contributed by atoms with Gasteiger partial charge in [-0.3, -0.25) is 5.43 Å². The van der Waals surface area contributed by atoms with Gasteiger partial charge in [0.05, 0.1) is 28.2 Å². The van der Waals surface area contributed by atoms with Crippen LogP contribution in [-0.2, 0) is 0 Å². The quantitative estimate of drug-likeness (QED) is 0.226. The molecule has 0 aliphatic carbocycles. The molecule has 0 spiro atoms. The summed E-state index contributed by atoms with van der Waals surface area (Å²) in [5.41, 5.74) is 5.24. The molecule has 0 unspecified atom stereocenters. The summed E-state index contributed by atoms with van der Waals surface area (Å²) in [7, 11) is 0. The Bertz CT molecular complexity index is 579. The average Bonchev–Trinajstić information content (AvgIpc) is 2.59. The molecule has 0 aromatic heterocycles. The number of oxime groups is 1. The van der Waals surface area contributed by atoms with Crippen LogP contribution < -0.4 is 16.1 Å². The first-order chi connectivity index (χ1) is 11.7. The molecule has 0 radical (unpaired) electrons. The van der Waals surface area contributed by atoms with E-state index in [-0.39, 0.29) is 11.1 Å². The van der Waals surface area contributed by atoms with Gasteiger partial charge < -0.3 is 15.8 Å². The largest absolute Gasteiger partial charge is 0.411 e. The lowest BCUT2D eigenvalue weighted by Crippen LogP contribution is -2.49. The van der Waals surface area contributed by atoms with Crippen LogP contribution in [0.15, 0.2) is 40.6 Å². The zero-order valence-corrected chi connectivity index (χ0v) is 16.3. The summed E-state index contributed by atoms with van der Waals surface area (Å²) in [5.74, 6) is 0. The summed E-state index contributed by atoms with van der Waals surface area (Å²) in [5, 5.41) is 23.6. The highest BCUT2D eigenvalue weighted by Gasteiger charge is 2.22. The van der Waals surface area contributed by atoms with Gasteiger partial charge in [0.1, 0.15) is 0 Å². The minimum absolute atomic E-state index is 0.195. The maximum absolute atomic E-state index is 8.89. The zero-order valence-electron chi connectivity index (χ0n) is 16.3. The van der Waals surface area contributed by atoms with Crippen molar-refractivity contribution < 1.29 is 5.21 Å². The lowest BCUT2D eigenvalue weighted by molar-refractivity contribution is 0.310. The normalized spacial score (nSPS) is 13.8.